The summed E-state index contributed by atoms with van der Waals surface area (Å²) in [5.74, 6) is 0. The summed E-state index contributed by atoms with van der Waals surface area (Å²) in [6, 6.07) is 5.33. The maximum Gasteiger partial charge on any atom is 0.240 e. The highest BCUT2D eigenvalue weighted by atomic mass is 32.2. The van der Waals surface area contributed by atoms with Crippen molar-refractivity contribution < 1.29 is 8.42 Å². The summed E-state index contributed by atoms with van der Waals surface area (Å²) >= 11 is 0. The summed E-state index contributed by atoms with van der Waals surface area (Å²) in [6.07, 6.45) is 4.31. The molecule has 6 heteroatoms. The Kier molecular flexibility index (Phi) is 4.47. The Morgan fingerprint density at radius 1 is 1.24 bits per heavy atom. The molecule has 5 nitrogen and oxygen atoms in total. The first-order valence-corrected chi connectivity index (χ1v) is 9.22. The topological polar surface area (TPSA) is 61.4 Å². The molecule has 2 aliphatic heterocycles. The molecule has 116 valence electrons. The van der Waals surface area contributed by atoms with Crippen LogP contribution in [0, 0.1) is 0 Å². The molecule has 1 saturated heterocycles. The van der Waals surface area contributed by atoms with Gasteiger partial charge in [-0.2, -0.15) is 0 Å². The van der Waals surface area contributed by atoms with E-state index in [9.17, 15) is 8.42 Å². The highest BCUT2D eigenvalue weighted by molar-refractivity contribution is 7.89. The van der Waals surface area contributed by atoms with Crippen molar-refractivity contribution in [2.45, 2.75) is 30.6 Å². The van der Waals surface area contributed by atoms with Gasteiger partial charge in [0.25, 0.3) is 0 Å². The van der Waals surface area contributed by atoms with Gasteiger partial charge < -0.3 is 10.2 Å². The highest BCUT2D eigenvalue weighted by Gasteiger charge is 2.18. The Hall–Kier alpha value is -1.11. The predicted octanol–water partition coefficient (Wildman–Crippen LogP) is 1.42. The van der Waals surface area contributed by atoms with Gasteiger partial charge in [-0.15, -0.1) is 0 Å². The quantitative estimate of drug-likeness (QED) is 0.780. The number of rotatable bonds is 6. The first kappa shape index (κ1) is 14.8. The first-order chi connectivity index (χ1) is 10.1. The zero-order chi connectivity index (χ0) is 14.7. The van der Waals surface area contributed by atoms with Crippen LogP contribution in [0.15, 0.2) is 23.1 Å². The van der Waals surface area contributed by atoms with Crippen LogP contribution in [-0.2, 0) is 16.4 Å². The summed E-state index contributed by atoms with van der Waals surface area (Å²) < 4.78 is 27.3. The van der Waals surface area contributed by atoms with Gasteiger partial charge in [0, 0.05) is 18.8 Å². The van der Waals surface area contributed by atoms with E-state index >= 15 is 0 Å². The van der Waals surface area contributed by atoms with Gasteiger partial charge in [-0.25, -0.2) is 13.1 Å². The van der Waals surface area contributed by atoms with Crippen LogP contribution >= 0.6 is 0 Å². The molecule has 1 aromatic rings. The van der Waals surface area contributed by atoms with E-state index in [1.54, 1.807) is 12.1 Å². The van der Waals surface area contributed by atoms with Crippen molar-refractivity contribution in [1.29, 1.82) is 0 Å². The van der Waals surface area contributed by atoms with Crippen LogP contribution in [0.1, 0.15) is 24.8 Å². The van der Waals surface area contributed by atoms with Crippen LogP contribution in [0.2, 0.25) is 0 Å². The molecule has 1 aromatic carbocycles. The van der Waals surface area contributed by atoms with E-state index in [4.69, 9.17) is 0 Å². The first-order valence-electron chi connectivity index (χ1n) is 7.74. The second-order valence-electron chi connectivity index (χ2n) is 5.80. The number of likely N-dealkylation sites (tertiary alicyclic amines) is 1. The molecule has 0 spiro atoms. The van der Waals surface area contributed by atoms with E-state index in [1.165, 1.54) is 12.8 Å². The van der Waals surface area contributed by atoms with Crippen LogP contribution in [-0.4, -0.2) is 46.0 Å². The number of nitrogens with one attached hydrogen (secondary N) is 2. The Morgan fingerprint density at radius 2 is 2.05 bits per heavy atom. The lowest BCUT2D eigenvalue weighted by molar-refractivity contribution is 0.334. The zero-order valence-electron chi connectivity index (χ0n) is 12.3. The van der Waals surface area contributed by atoms with E-state index in [2.05, 4.69) is 14.9 Å². The predicted molar refractivity (Wildman–Crippen MR) is 84.1 cm³/mol. The van der Waals surface area contributed by atoms with E-state index in [1.807, 2.05) is 6.07 Å². The molecule has 0 aromatic heterocycles. The van der Waals surface area contributed by atoms with Crippen LogP contribution in [0.5, 0.6) is 0 Å². The SMILES string of the molecule is O=S(=O)(NCCCN1CCCC1)c1ccc2c(c1)CCN2. The minimum absolute atomic E-state index is 0.381. The van der Waals surface area contributed by atoms with E-state index in [-0.39, 0.29) is 0 Å². The molecule has 2 heterocycles. The fourth-order valence-electron chi connectivity index (χ4n) is 3.05. The third kappa shape index (κ3) is 3.56. The zero-order valence-corrected chi connectivity index (χ0v) is 13.1. The van der Waals surface area contributed by atoms with Gasteiger partial charge >= 0.3 is 0 Å². The van der Waals surface area contributed by atoms with Crippen molar-refractivity contribution >= 4 is 15.7 Å². The summed E-state index contributed by atoms with van der Waals surface area (Å²) in [5, 5.41) is 3.24. The summed E-state index contributed by atoms with van der Waals surface area (Å²) in [5.41, 5.74) is 2.15. The number of anilines is 1. The largest absolute Gasteiger partial charge is 0.384 e. The molecule has 0 saturated carbocycles. The molecular formula is C15H23N3O2S. The molecule has 0 atom stereocenters. The minimum Gasteiger partial charge on any atom is -0.384 e. The van der Waals surface area contributed by atoms with Gasteiger partial charge in [-0.05, 0) is 69.1 Å². The van der Waals surface area contributed by atoms with Crippen molar-refractivity contribution in [1.82, 2.24) is 9.62 Å². The third-order valence-corrected chi connectivity index (χ3v) is 5.70. The van der Waals surface area contributed by atoms with Crippen molar-refractivity contribution in [3.05, 3.63) is 23.8 Å². The van der Waals surface area contributed by atoms with E-state index in [0.717, 1.165) is 50.3 Å². The smallest absolute Gasteiger partial charge is 0.240 e. The average Bonchev–Trinajstić information content (AvgIpc) is 3.13. The Bertz CT molecular complexity index is 595. The number of nitrogens with zero attached hydrogens (tertiary/aromatic N) is 1. The van der Waals surface area contributed by atoms with E-state index in [0.29, 0.717) is 11.4 Å². The van der Waals surface area contributed by atoms with Crippen molar-refractivity contribution in [3.8, 4) is 0 Å². The lowest BCUT2D eigenvalue weighted by Crippen LogP contribution is -2.28. The third-order valence-electron chi connectivity index (χ3n) is 4.24. The van der Waals surface area contributed by atoms with Crippen LogP contribution in [0.4, 0.5) is 5.69 Å². The monoisotopic (exact) mass is 309 g/mol. The van der Waals surface area contributed by atoms with Gasteiger partial charge in [0.05, 0.1) is 4.90 Å². The fraction of sp³-hybridized carbons (Fsp3) is 0.600. The molecule has 2 N–H and O–H groups in total. The molecule has 0 radical (unpaired) electrons. The molecule has 21 heavy (non-hydrogen) atoms. The average molecular weight is 309 g/mol. The summed E-state index contributed by atoms with van der Waals surface area (Å²) in [6.45, 7) is 4.70. The molecule has 1 fully saturated rings. The Labute approximate surface area is 126 Å². The van der Waals surface area contributed by atoms with Gasteiger partial charge in [0.1, 0.15) is 0 Å². The lowest BCUT2D eigenvalue weighted by Gasteiger charge is -2.14. The summed E-state index contributed by atoms with van der Waals surface area (Å²) in [4.78, 5) is 2.78. The molecule has 2 aliphatic rings. The highest BCUT2D eigenvalue weighted by Crippen LogP contribution is 2.24. The number of hydrogen-bond acceptors (Lipinski definition) is 4. The molecule has 3 rings (SSSR count). The number of fused-ring (bicyclic) bond motifs is 1. The Morgan fingerprint density at radius 3 is 2.86 bits per heavy atom. The van der Waals surface area contributed by atoms with Gasteiger partial charge in [-0.1, -0.05) is 0 Å². The van der Waals surface area contributed by atoms with Crippen molar-refractivity contribution in [2.75, 3.05) is 38.0 Å². The standard InChI is InChI=1S/C15H23N3O2S/c19-21(20,17-7-3-11-18-9-1-2-10-18)14-4-5-15-13(12-14)6-8-16-15/h4-5,12,16-17H,1-3,6-11H2. The number of hydrogen-bond donors (Lipinski definition) is 2. The molecule has 0 amide bonds. The van der Waals surface area contributed by atoms with Crippen LogP contribution in [0.3, 0.4) is 0 Å². The van der Waals surface area contributed by atoms with Gasteiger partial charge in [-0.3, -0.25) is 0 Å². The maximum absolute atomic E-state index is 12.3. The molecule has 0 bridgehead atoms. The van der Waals surface area contributed by atoms with Gasteiger partial charge in [0.2, 0.25) is 10.0 Å². The van der Waals surface area contributed by atoms with Crippen LogP contribution < -0.4 is 10.0 Å². The lowest BCUT2D eigenvalue weighted by atomic mass is 10.2. The number of benzene rings is 1. The second-order valence-corrected chi connectivity index (χ2v) is 7.56. The van der Waals surface area contributed by atoms with E-state index < -0.39 is 10.0 Å². The van der Waals surface area contributed by atoms with Crippen molar-refractivity contribution in [3.63, 3.8) is 0 Å². The molecule has 0 unspecified atom stereocenters. The second kappa shape index (κ2) is 6.34. The summed E-state index contributed by atoms with van der Waals surface area (Å²) in [7, 11) is -3.37. The maximum atomic E-state index is 12.3. The minimum atomic E-state index is -3.37. The normalized spacial score (nSPS) is 18.7. The molecular weight excluding hydrogens is 286 g/mol. The Balaban J connectivity index is 1.53. The fourth-order valence-corrected chi connectivity index (χ4v) is 4.17. The molecule has 0 aliphatic carbocycles. The number of sulfonamides is 1. The van der Waals surface area contributed by atoms with Gasteiger partial charge in [0.15, 0.2) is 0 Å². The van der Waals surface area contributed by atoms with Crippen molar-refractivity contribution in [2.24, 2.45) is 0 Å². The van der Waals surface area contributed by atoms with Crippen LogP contribution in [0.25, 0.3) is 0 Å².